The lowest BCUT2D eigenvalue weighted by Gasteiger charge is -2.23. The molecule has 0 radical (unpaired) electrons. The van der Waals surface area contributed by atoms with Crippen LogP contribution in [0, 0.1) is 19.8 Å². The molecule has 19 heavy (non-hydrogen) atoms. The molecule has 0 saturated heterocycles. The van der Waals surface area contributed by atoms with Crippen LogP contribution in [-0.4, -0.2) is 6.54 Å². The summed E-state index contributed by atoms with van der Waals surface area (Å²) in [6.45, 7) is 7.37. The van der Waals surface area contributed by atoms with Crippen LogP contribution in [0.3, 0.4) is 0 Å². The minimum Gasteiger partial charge on any atom is -0.466 e. The Labute approximate surface area is 118 Å². The predicted octanol–water partition coefficient (Wildman–Crippen LogP) is 4.91. The van der Waals surface area contributed by atoms with Gasteiger partial charge in [0.05, 0.1) is 0 Å². The fourth-order valence-corrected chi connectivity index (χ4v) is 3.50. The lowest BCUT2D eigenvalue weighted by atomic mass is 9.89. The van der Waals surface area contributed by atoms with Gasteiger partial charge in [-0.25, -0.2) is 0 Å². The first-order valence-electron chi connectivity index (χ1n) is 8.01. The highest BCUT2D eigenvalue weighted by Gasteiger charge is 2.21. The van der Waals surface area contributed by atoms with Crippen molar-refractivity contribution in [2.75, 3.05) is 6.54 Å². The van der Waals surface area contributed by atoms with Crippen LogP contribution in [0.1, 0.15) is 75.0 Å². The molecule has 1 aromatic heterocycles. The van der Waals surface area contributed by atoms with Crippen molar-refractivity contribution in [1.82, 2.24) is 5.32 Å². The van der Waals surface area contributed by atoms with E-state index in [0.29, 0.717) is 6.04 Å². The van der Waals surface area contributed by atoms with Crippen molar-refractivity contribution in [3.05, 3.63) is 23.2 Å². The zero-order valence-electron chi connectivity index (χ0n) is 12.8. The van der Waals surface area contributed by atoms with Crippen LogP contribution in [0.25, 0.3) is 0 Å². The molecule has 108 valence electrons. The molecule has 0 aromatic carbocycles. The van der Waals surface area contributed by atoms with Gasteiger partial charge in [0.25, 0.3) is 0 Å². The lowest BCUT2D eigenvalue weighted by molar-refractivity contribution is 0.356. The molecule has 1 atom stereocenters. The zero-order valence-corrected chi connectivity index (χ0v) is 12.8. The van der Waals surface area contributed by atoms with E-state index in [1.165, 1.54) is 50.5 Å². The van der Waals surface area contributed by atoms with Crippen LogP contribution in [-0.2, 0) is 0 Å². The SMILES string of the molecule is CCNC(CC1CCCCCC1)c1cc(C)oc1C. The Morgan fingerprint density at radius 2 is 1.89 bits per heavy atom. The van der Waals surface area contributed by atoms with Gasteiger partial charge in [-0.3, -0.25) is 0 Å². The van der Waals surface area contributed by atoms with Crippen LogP contribution in [0.5, 0.6) is 0 Å². The third-order valence-corrected chi connectivity index (χ3v) is 4.45. The minimum absolute atomic E-state index is 0.477. The molecule has 0 spiro atoms. The van der Waals surface area contributed by atoms with Crippen LogP contribution in [0.2, 0.25) is 0 Å². The average molecular weight is 263 g/mol. The van der Waals surface area contributed by atoms with Crippen molar-refractivity contribution >= 4 is 0 Å². The Morgan fingerprint density at radius 3 is 2.42 bits per heavy atom. The number of furan rings is 1. The van der Waals surface area contributed by atoms with Crippen LogP contribution in [0.15, 0.2) is 10.5 Å². The van der Waals surface area contributed by atoms with E-state index in [0.717, 1.165) is 24.0 Å². The van der Waals surface area contributed by atoms with E-state index in [2.05, 4.69) is 25.2 Å². The molecule has 1 aliphatic carbocycles. The van der Waals surface area contributed by atoms with E-state index in [9.17, 15) is 0 Å². The summed E-state index contributed by atoms with van der Waals surface area (Å²) >= 11 is 0. The zero-order chi connectivity index (χ0) is 13.7. The maximum atomic E-state index is 5.72. The van der Waals surface area contributed by atoms with Gasteiger partial charge >= 0.3 is 0 Å². The van der Waals surface area contributed by atoms with Crippen molar-refractivity contribution in [3.63, 3.8) is 0 Å². The molecule has 0 bridgehead atoms. The molecule has 0 amide bonds. The molecule has 1 aliphatic rings. The van der Waals surface area contributed by atoms with Gasteiger partial charge < -0.3 is 9.73 Å². The van der Waals surface area contributed by atoms with Crippen LogP contribution < -0.4 is 5.32 Å². The predicted molar refractivity (Wildman–Crippen MR) is 80.4 cm³/mol. The molecule has 1 saturated carbocycles. The van der Waals surface area contributed by atoms with E-state index in [1.54, 1.807) is 0 Å². The van der Waals surface area contributed by atoms with Crippen LogP contribution >= 0.6 is 0 Å². The Morgan fingerprint density at radius 1 is 1.21 bits per heavy atom. The molecular formula is C17H29NO. The lowest BCUT2D eigenvalue weighted by Crippen LogP contribution is -2.23. The Bertz CT molecular complexity index is 375. The van der Waals surface area contributed by atoms with Crippen molar-refractivity contribution in [2.45, 2.75) is 71.8 Å². The number of hydrogen-bond acceptors (Lipinski definition) is 2. The molecule has 1 heterocycles. The summed E-state index contributed by atoms with van der Waals surface area (Å²) in [5.41, 5.74) is 1.38. The Balaban J connectivity index is 2.04. The first-order valence-corrected chi connectivity index (χ1v) is 8.01. The Hall–Kier alpha value is -0.760. The third-order valence-electron chi connectivity index (χ3n) is 4.45. The van der Waals surface area contributed by atoms with Gasteiger partial charge in [0.2, 0.25) is 0 Å². The van der Waals surface area contributed by atoms with Crippen molar-refractivity contribution < 1.29 is 4.42 Å². The highest BCUT2D eigenvalue weighted by Crippen LogP contribution is 2.33. The Kier molecular flexibility index (Phi) is 5.50. The fraction of sp³-hybridized carbons (Fsp3) is 0.765. The number of hydrogen-bond donors (Lipinski definition) is 1. The molecular weight excluding hydrogens is 234 g/mol. The monoisotopic (exact) mass is 263 g/mol. The van der Waals surface area contributed by atoms with E-state index < -0.39 is 0 Å². The van der Waals surface area contributed by atoms with Gasteiger partial charge in [0.1, 0.15) is 11.5 Å². The normalized spacial score (nSPS) is 19.3. The van der Waals surface area contributed by atoms with Crippen molar-refractivity contribution in [3.8, 4) is 0 Å². The molecule has 1 fully saturated rings. The quantitative estimate of drug-likeness (QED) is 0.764. The summed E-state index contributed by atoms with van der Waals surface area (Å²) in [5, 5.41) is 3.66. The highest BCUT2D eigenvalue weighted by molar-refractivity contribution is 5.24. The summed E-state index contributed by atoms with van der Waals surface area (Å²) in [7, 11) is 0. The van der Waals surface area contributed by atoms with Gasteiger partial charge in [0.15, 0.2) is 0 Å². The molecule has 2 heteroatoms. The second kappa shape index (κ2) is 7.14. The van der Waals surface area contributed by atoms with Gasteiger partial charge in [-0.1, -0.05) is 45.4 Å². The summed E-state index contributed by atoms with van der Waals surface area (Å²) < 4.78 is 5.72. The van der Waals surface area contributed by atoms with Crippen molar-refractivity contribution in [2.24, 2.45) is 5.92 Å². The van der Waals surface area contributed by atoms with E-state index in [-0.39, 0.29) is 0 Å². The number of nitrogens with one attached hydrogen (secondary N) is 1. The van der Waals surface area contributed by atoms with Crippen molar-refractivity contribution in [1.29, 1.82) is 0 Å². The second-order valence-corrected chi connectivity index (χ2v) is 6.07. The smallest absolute Gasteiger partial charge is 0.105 e. The first kappa shape index (κ1) is 14.6. The van der Waals surface area contributed by atoms with E-state index in [4.69, 9.17) is 4.42 Å². The fourth-order valence-electron chi connectivity index (χ4n) is 3.50. The average Bonchev–Trinajstić information content (AvgIpc) is 2.58. The highest BCUT2D eigenvalue weighted by atomic mass is 16.3. The van der Waals surface area contributed by atoms with Gasteiger partial charge in [-0.15, -0.1) is 0 Å². The largest absolute Gasteiger partial charge is 0.466 e. The van der Waals surface area contributed by atoms with Gasteiger partial charge in [-0.2, -0.15) is 0 Å². The maximum Gasteiger partial charge on any atom is 0.105 e. The molecule has 1 aromatic rings. The molecule has 1 N–H and O–H groups in total. The topological polar surface area (TPSA) is 25.2 Å². The summed E-state index contributed by atoms with van der Waals surface area (Å²) in [5.74, 6) is 3.02. The van der Waals surface area contributed by atoms with E-state index >= 15 is 0 Å². The first-order chi connectivity index (χ1) is 9.20. The maximum absolute atomic E-state index is 5.72. The van der Waals surface area contributed by atoms with E-state index in [1.807, 2.05) is 6.92 Å². The second-order valence-electron chi connectivity index (χ2n) is 6.07. The molecule has 1 unspecified atom stereocenters. The standard InChI is InChI=1S/C17H29NO/c1-4-18-17(16-11-13(2)19-14(16)3)12-15-9-7-5-6-8-10-15/h11,15,17-18H,4-10,12H2,1-3H3. The number of rotatable bonds is 5. The molecule has 2 rings (SSSR count). The van der Waals surface area contributed by atoms with Crippen LogP contribution in [0.4, 0.5) is 0 Å². The molecule has 2 nitrogen and oxygen atoms in total. The summed E-state index contributed by atoms with van der Waals surface area (Å²) in [6, 6.07) is 2.70. The minimum atomic E-state index is 0.477. The van der Waals surface area contributed by atoms with Gasteiger partial charge in [0, 0.05) is 11.6 Å². The third kappa shape index (κ3) is 4.10. The van der Waals surface area contributed by atoms with Gasteiger partial charge in [-0.05, 0) is 38.8 Å². The summed E-state index contributed by atoms with van der Waals surface area (Å²) in [4.78, 5) is 0. The number of aryl methyl sites for hydroxylation is 2. The summed E-state index contributed by atoms with van der Waals surface area (Å²) in [6.07, 6.45) is 9.82. The molecule has 0 aliphatic heterocycles.